The number of nitrogens with one attached hydrogen (secondary N) is 1. The molecule has 2 unspecified atom stereocenters. The lowest BCUT2D eigenvalue weighted by molar-refractivity contribution is -0.0364. The topological polar surface area (TPSA) is 113 Å². The molecule has 138 valence electrons. The van der Waals surface area contributed by atoms with Crippen LogP contribution in [0.2, 0.25) is 0 Å². The van der Waals surface area contributed by atoms with Gasteiger partial charge in [-0.2, -0.15) is 0 Å². The Morgan fingerprint density at radius 1 is 1.28 bits per heavy atom. The number of nitrogens with zero attached hydrogens (tertiary/aromatic N) is 3. The van der Waals surface area contributed by atoms with Crippen LogP contribution in [-0.4, -0.2) is 73.8 Å². The Hall–Kier alpha value is -1.47. The first kappa shape index (κ1) is 18.3. The number of aryl methyl sites for hydroxylation is 2. The first-order valence-electron chi connectivity index (χ1n) is 8.23. The lowest BCUT2D eigenvalue weighted by atomic mass is 10.1. The fraction of sp³-hybridized carbons (Fsp3) is 0.625. The zero-order chi connectivity index (χ0) is 18.5. The van der Waals surface area contributed by atoms with Gasteiger partial charge in [-0.25, -0.2) is 9.97 Å². The van der Waals surface area contributed by atoms with Crippen molar-refractivity contribution in [2.24, 2.45) is 0 Å². The molecule has 1 saturated heterocycles. The van der Waals surface area contributed by atoms with Gasteiger partial charge in [0.05, 0.1) is 6.10 Å². The van der Waals surface area contributed by atoms with Crippen molar-refractivity contribution in [1.29, 1.82) is 0 Å². The maximum atomic E-state index is 12.1. The summed E-state index contributed by atoms with van der Waals surface area (Å²) >= 11 is 0. The van der Waals surface area contributed by atoms with Gasteiger partial charge in [-0.1, -0.05) is 0 Å². The molecule has 3 N–H and O–H groups in total. The average molecular weight is 368 g/mol. The van der Waals surface area contributed by atoms with Gasteiger partial charge >= 0.3 is 0 Å². The van der Waals surface area contributed by atoms with E-state index in [1.807, 2.05) is 0 Å². The first-order valence-corrected chi connectivity index (χ1v) is 11.3. The van der Waals surface area contributed by atoms with Crippen molar-refractivity contribution in [2.75, 3.05) is 19.5 Å². The molecule has 4 atom stereocenters. The second-order valence-corrected chi connectivity index (χ2v) is 11.7. The Kier molecular flexibility index (Phi) is 4.66. The van der Waals surface area contributed by atoms with E-state index >= 15 is 0 Å². The maximum absolute atomic E-state index is 12.1. The van der Waals surface area contributed by atoms with E-state index in [2.05, 4.69) is 34.6 Å². The van der Waals surface area contributed by atoms with Crippen LogP contribution in [0.15, 0.2) is 4.79 Å². The van der Waals surface area contributed by atoms with Crippen LogP contribution in [0.1, 0.15) is 24.3 Å². The highest BCUT2D eigenvalue weighted by atomic mass is 31.2. The molecule has 0 radical (unpaired) electrons. The van der Waals surface area contributed by atoms with Gasteiger partial charge in [0.2, 0.25) is 0 Å². The summed E-state index contributed by atoms with van der Waals surface area (Å²) < 4.78 is 7.55. The summed E-state index contributed by atoms with van der Waals surface area (Å²) in [4.78, 5) is 23.3. The molecule has 3 heterocycles. The summed E-state index contributed by atoms with van der Waals surface area (Å²) in [6.45, 7) is 6.38. The summed E-state index contributed by atoms with van der Waals surface area (Å²) in [5.74, 6) is 0.951. The van der Waals surface area contributed by atoms with E-state index in [9.17, 15) is 15.0 Å². The van der Waals surface area contributed by atoms with Crippen LogP contribution < -0.4 is 5.56 Å². The van der Waals surface area contributed by atoms with Crippen molar-refractivity contribution >= 4 is 24.3 Å². The van der Waals surface area contributed by atoms with Gasteiger partial charge in [0.1, 0.15) is 23.9 Å². The summed E-state index contributed by atoms with van der Waals surface area (Å²) in [6, 6.07) is 0. The van der Waals surface area contributed by atoms with Crippen molar-refractivity contribution in [3.05, 3.63) is 22.0 Å². The molecule has 2 aromatic rings. The standard InChI is InChI=1S/C16H25N4O4P/c1-8-17-14-11(15(23)18-8)19-9(2)20(14)16-13(22)12(21)10(24-16)6-7-25(3,4)5/h10,12-13,16,21-22H,3,6-7H2,1-2,4-5H3,(H,17,18,23)/t10-,12-,13?,16?/m1/s1. The summed E-state index contributed by atoms with van der Waals surface area (Å²) in [7, 11) is 0. The number of hydrogen-bond donors (Lipinski definition) is 3. The third-order valence-electron chi connectivity index (χ3n) is 4.46. The molecule has 0 amide bonds. The third kappa shape index (κ3) is 3.44. The van der Waals surface area contributed by atoms with E-state index in [0.717, 1.165) is 6.16 Å². The predicted molar refractivity (Wildman–Crippen MR) is 98.9 cm³/mol. The largest absolute Gasteiger partial charge is 0.388 e. The van der Waals surface area contributed by atoms with E-state index in [-0.39, 0.29) is 11.1 Å². The summed E-state index contributed by atoms with van der Waals surface area (Å²) in [5, 5.41) is 20.9. The second-order valence-electron chi connectivity index (χ2n) is 7.35. The number of aromatic nitrogens is 4. The quantitative estimate of drug-likeness (QED) is 0.676. The van der Waals surface area contributed by atoms with E-state index in [0.29, 0.717) is 23.7 Å². The highest BCUT2D eigenvalue weighted by Crippen LogP contribution is 2.40. The van der Waals surface area contributed by atoms with Gasteiger partial charge in [0.25, 0.3) is 5.56 Å². The number of hydrogen-bond acceptors (Lipinski definition) is 6. The van der Waals surface area contributed by atoms with Crippen LogP contribution >= 0.6 is 6.89 Å². The lowest BCUT2D eigenvalue weighted by Crippen LogP contribution is -2.32. The molecule has 1 fully saturated rings. The van der Waals surface area contributed by atoms with Crippen molar-refractivity contribution in [3.8, 4) is 0 Å². The van der Waals surface area contributed by atoms with Crippen LogP contribution in [0, 0.1) is 13.8 Å². The number of rotatable bonds is 4. The van der Waals surface area contributed by atoms with Gasteiger partial charge in [0, 0.05) is 0 Å². The molecule has 8 nitrogen and oxygen atoms in total. The molecule has 1 aliphatic heterocycles. The Bertz CT molecular complexity index is 899. The van der Waals surface area contributed by atoms with Crippen molar-refractivity contribution in [1.82, 2.24) is 19.5 Å². The molecular weight excluding hydrogens is 343 g/mol. The highest BCUT2D eigenvalue weighted by Gasteiger charge is 2.44. The molecule has 0 aromatic carbocycles. The lowest BCUT2D eigenvalue weighted by Gasteiger charge is -2.19. The minimum Gasteiger partial charge on any atom is -0.388 e. The molecule has 9 heteroatoms. The third-order valence-corrected chi connectivity index (χ3v) is 5.92. The maximum Gasteiger partial charge on any atom is 0.279 e. The van der Waals surface area contributed by atoms with Crippen LogP contribution in [0.3, 0.4) is 0 Å². The van der Waals surface area contributed by atoms with Crippen molar-refractivity contribution in [2.45, 2.75) is 44.8 Å². The molecule has 0 aliphatic carbocycles. The molecule has 2 aromatic heterocycles. The fourth-order valence-electron chi connectivity index (χ4n) is 3.16. The van der Waals surface area contributed by atoms with Crippen molar-refractivity contribution < 1.29 is 14.9 Å². The summed E-state index contributed by atoms with van der Waals surface area (Å²) in [6.07, 6.45) is 2.21. The number of H-pyrrole nitrogens is 1. The molecule has 0 bridgehead atoms. The zero-order valence-electron chi connectivity index (χ0n) is 14.9. The number of aliphatic hydroxyl groups is 2. The molecular formula is C16H25N4O4P. The molecule has 0 saturated carbocycles. The van der Waals surface area contributed by atoms with Gasteiger partial charge in [-0.15, -0.1) is 13.2 Å². The van der Waals surface area contributed by atoms with E-state index < -0.39 is 31.4 Å². The summed E-state index contributed by atoms with van der Waals surface area (Å²) in [5.41, 5.74) is 0.208. The van der Waals surface area contributed by atoms with Gasteiger partial charge < -0.3 is 19.9 Å². The van der Waals surface area contributed by atoms with Gasteiger partial charge in [0.15, 0.2) is 17.4 Å². The first-order chi connectivity index (χ1) is 11.6. The van der Waals surface area contributed by atoms with Crippen LogP contribution in [0.25, 0.3) is 11.2 Å². The SMILES string of the molecule is C=P(C)(C)CC[C@H]1OC(n2c(C)nc3c(=O)[nH]c(C)nc32)C(O)[C@@H]1O. The number of aliphatic hydroxyl groups excluding tert-OH is 2. The number of imidazole rings is 1. The van der Waals surface area contributed by atoms with E-state index in [4.69, 9.17) is 4.74 Å². The molecule has 0 spiro atoms. The zero-order valence-corrected chi connectivity index (χ0v) is 15.8. The van der Waals surface area contributed by atoms with Crippen LogP contribution in [-0.2, 0) is 4.74 Å². The highest BCUT2D eigenvalue weighted by molar-refractivity contribution is 7.72. The number of fused-ring (bicyclic) bond motifs is 1. The Labute approximate surface area is 145 Å². The second kappa shape index (κ2) is 6.36. The number of aromatic amines is 1. The van der Waals surface area contributed by atoms with E-state index in [1.165, 1.54) is 0 Å². The Morgan fingerprint density at radius 2 is 1.96 bits per heavy atom. The van der Waals surface area contributed by atoms with Gasteiger partial charge in [-0.3, -0.25) is 9.36 Å². The van der Waals surface area contributed by atoms with Crippen LogP contribution in [0.5, 0.6) is 0 Å². The smallest absolute Gasteiger partial charge is 0.279 e. The normalized spacial score (nSPS) is 27.3. The fourth-order valence-corrected chi connectivity index (χ4v) is 4.12. The minimum absolute atomic E-state index is 0.196. The Balaban J connectivity index is 1.97. The van der Waals surface area contributed by atoms with Gasteiger partial charge in [-0.05, 0) is 39.8 Å². The monoisotopic (exact) mass is 368 g/mol. The Morgan fingerprint density at radius 3 is 2.60 bits per heavy atom. The number of ether oxygens (including phenoxy) is 1. The van der Waals surface area contributed by atoms with Crippen molar-refractivity contribution in [3.63, 3.8) is 0 Å². The molecule has 25 heavy (non-hydrogen) atoms. The van der Waals surface area contributed by atoms with E-state index in [1.54, 1.807) is 18.4 Å². The predicted octanol–water partition coefficient (Wildman–Crippen LogP) is 0.455. The molecule has 1 aliphatic rings. The minimum atomic E-state index is -1.26. The van der Waals surface area contributed by atoms with Crippen LogP contribution in [0.4, 0.5) is 0 Å². The average Bonchev–Trinajstić information content (AvgIpc) is 2.95. The molecule has 3 rings (SSSR count).